The summed E-state index contributed by atoms with van der Waals surface area (Å²) >= 11 is 5.43. The standard InChI is InChI=1S/C111H64N12S3/c1-5-24-70(25-6-1)103-112-104(71-26-7-2-8-27-71)116-109(115-103)122-90-41-18-14-35-80(90)84-60-88-100(63-93(84)122)126-97-45-23-39-78(102(88)97)69-52-46-65(47-53-69)66-50-56-74(57-51-66)107-113-105(72-28-9-3-10-29-72)118-111(119-107)123-91-42-22-38-77(101(91)87-61-86-82-37-16-20-44-96(82)125-99(86)64-94(87)123)68-54-48-67(49-55-68)75-32-21-33-76(58-75)108-114-106(73-30-11-4-12-31-73)117-110(120-108)121-89-40-17-13-34-79(89)83-59-85-81-36-15-19-43-95(81)124-98(85)62-92(83)121/h1-64H. The van der Waals surface area contributed by atoms with Crippen LogP contribution in [0.3, 0.4) is 0 Å². The van der Waals surface area contributed by atoms with Crippen LogP contribution in [0.4, 0.5) is 0 Å². The number of hydrogen-bond donors (Lipinski definition) is 0. The van der Waals surface area contributed by atoms with Crippen molar-refractivity contribution in [2.75, 3.05) is 0 Å². The van der Waals surface area contributed by atoms with Crippen molar-refractivity contribution >= 4 is 160 Å². The maximum absolute atomic E-state index is 5.54. The van der Waals surface area contributed by atoms with E-state index in [0.29, 0.717) is 52.8 Å². The molecule has 0 N–H and O–H groups in total. The molecule has 0 amide bonds. The number of rotatable bonds is 13. The van der Waals surface area contributed by atoms with Crippen molar-refractivity contribution in [3.05, 3.63) is 388 Å². The summed E-state index contributed by atoms with van der Waals surface area (Å²) in [4.78, 5) is 47.8. The van der Waals surface area contributed by atoms with Crippen LogP contribution in [0.1, 0.15) is 0 Å². The van der Waals surface area contributed by atoms with Crippen molar-refractivity contribution in [2.45, 2.75) is 0 Å². The third-order valence-corrected chi connectivity index (χ3v) is 28.1. The molecule has 9 aromatic heterocycles. The maximum atomic E-state index is 5.54. The highest BCUT2D eigenvalue weighted by atomic mass is 32.1. The molecular formula is C111H64N12S3. The van der Waals surface area contributed by atoms with Gasteiger partial charge in [0.05, 0.1) is 33.1 Å². The molecule has 0 aliphatic heterocycles. The van der Waals surface area contributed by atoms with E-state index in [1.165, 1.54) is 66.1 Å². The van der Waals surface area contributed by atoms with E-state index in [9.17, 15) is 0 Å². The molecule has 0 atom stereocenters. The fraction of sp³-hybridized carbons (Fsp3) is 0. The quantitative estimate of drug-likeness (QED) is 0.111. The Morgan fingerprint density at radius 3 is 0.929 bits per heavy atom. The molecule has 0 saturated heterocycles. The maximum Gasteiger partial charge on any atom is 0.238 e. The summed E-state index contributed by atoms with van der Waals surface area (Å²) in [7, 11) is 0. The molecule has 12 nitrogen and oxygen atoms in total. The number of hydrogen-bond acceptors (Lipinski definition) is 12. The van der Waals surface area contributed by atoms with Gasteiger partial charge in [-0.25, -0.2) is 15.0 Å². The number of aromatic nitrogens is 12. The molecule has 0 bridgehead atoms. The summed E-state index contributed by atoms with van der Waals surface area (Å²) in [5.74, 6) is 5.21. The predicted molar refractivity (Wildman–Crippen MR) is 523 cm³/mol. The summed E-state index contributed by atoms with van der Waals surface area (Å²) in [6.07, 6.45) is 0. The first-order chi connectivity index (χ1) is 62.4. The first-order valence-corrected chi connectivity index (χ1v) is 44.4. The molecule has 9 heterocycles. The van der Waals surface area contributed by atoms with E-state index >= 15 is 0 Å². The van der Waals surface area contributed by atoms with Crippen LogP contribution in [0.25, 0.3) is 257 Å². The molecule has 0 unspecified atom stereocenters. The number of nitrogens with zero attached hydrogens (tertiary/aromatic N) is 12. The van der Waals surface area contributed by atoms with Gasteiger partial charge in [-0.2, -0.15) is 29.9 Å². The zero-order valence-electron chi connectivity index (χ0n) is 67.0. The monoisotopic (exact) mass is 1660 g/mol. The Bertz CT molecular complexity index is 8890. The molecule has 17 aromatic carbocycles. The highest BCUT2D eigenvalue weighted by Crippen LogP contribution is 2.49. The lowest BCUT2D eigenvalue weighted by molar-refractivity contribution is 0.953. The van der Waals surface area contributed by atoms with Crippen molar-refractivity contribution in [1.82, 2.24) is 58.6 Å². The zero-order valence-corrected chi connectivity index (χ0v) is 69.5. The molecular weight excluding hydrogens is 1600 g/mol. The SMILES string of the molecule is c1ccc(-c2nc(-c3cccc(-c4ccc(-c5cccc6c5c5cc7c(cc5n6-c5nc(-c6ccccc6)nc(-c6ccc(-c8ccc(-c9cccc%10sc%11cc%12c(cc%11c9%10)c9ccccc9n%12-c9nc(-c%10ccccc%10)nc(-c%10ccccc%10)n9)cc8)cc6)n5)sc5ccccc57)cc4)c3)nc(-n3c4ccccc4c4cc5c(cc43)sc3ccccc35)n2)cc1. The number of fused-ring (bicyclic) bond motifs is 18. The Morgan fingerprint density at radius 2 is 0.452 bits per heavy atom. The molecule has 0 fully saturated rings. The van der Waals surface area contributed by atoms with Gasteiger partial charge in [-0.15, -0.1) is 34.0 Å². The Balaban J connectivity index is 0.547. The second kappa shape index (κ2) is 28.7. The smallest absolute Gasteiger partial charge is 0.238 e. The van der Waals surface area contributed by atoms with Crippen LogP contribution in [0.15, 0.2) is 388 Å². The van der Waals surface area contributed by atoms with E-state index in [4.69, 9.17) is 44.9 Å². The molecule has 0 aliphatic rings. The molecule has 586 valence electrons. The minimum atomic E-state index is 0.524. The van der Waals surface area contributed by atoms with Gasteiger partial charge in [0.2, 0.25) is 17.8 Å². The summed E-state index contributed by atoms with van der Waals surface area (Å²) in [6.45, 7) is 0. The molecule has 0 spiro atoms. The fourth-order valence-electron chi connectivity index (χ4n) is 18.7. The van der Waals surface area contributed by atoms with Crippen molar-refractivity contribution < 1.29 is 0 Å². The Kier molecular flexibility index (Phi) is 16.3. The van der Waals surface area contributed by atoms with Gasteiger partial charge in [-0.05, 0) is 123 Å². The first-order valence-electron chi connectivity index (χ1n) is 42.0. The van der Waals surface area contributed by atoms with Crippen molar-refractivity contribution in [3.8, 4) is 131 Å². The molecule has 26 aromatic rings. The average Bonchev–Trinajstić information content (AvgIpc) is 1.57. The van der Waals surface area contributed by atoms with Crippen LogP contribution in [0, 0.1) is 0 Å². The molecule has 126 heavy (non-hydrogen) atoms. The van der Waals surface area contributed by atoms with Gasteiger partial charge in [0.25, 0.3) is 0 Å². The van der Waals surface area contributed by atoms with Gasteiger partial charge in [0.1, 0.15) is 0 Å². The third kappa shape index (κ3) is 11.7. The molecule has 0 radical (unpaired) electrons. The van der Waals surface area contributed by atoms with Gasteiger partial charge >= 0.3 is 0 Å². The Morgan fingerprint density at radius 1 is 0.151 bits per heavy atom. The molecule has 0 saturated carbocycles. The van der Waals surface area contributed by atoms with E-state index in [1.807, 2.05) is 107 Å². The topological polar surface area (TPSA) is 131 Å². The van der Waals surface area contributed by atoms with Crippen LogP contribution in [0.5, 0.6) is 0 Å². The normalized spacial score (nSPS) is 12.0. The Hall–Kier alpha value is -16.2. The highest BCUT2D eigenvalue weighted by molar-refractivity contribution is 7.26. The highest BCUT2D eigenvalue weighted by Gasteiger charge is 2.27. The second-order valence-electron chi connectivity index (χ2n) is 31.9. The van der Waals surface area contributed by atoms with Crippen LogP contribution in [-0.2, 0) is 0 Å². The van der Waals surface area contributed by atoms with E-state index in [-0.39, 0.29) is 0 Å². The van der Waals surface area contributed by atoms with Gasteiger partial charge in [-0.3, -0.25) is 13.7 Å². The largest absolute Gasteiger partial charge is 0.278 e. The Labute approximate surface area is 732 Å². The van der Waals surface area contributed by atoms with Crippen molar-refractivity contribution in [2.24, 2.45) is 0 Å². The fourth-order valence-corrected chi connectivity index (χ4v) is 22.1. The van der Waals surface area contributed by atoms with Gasteiger partial charge in [0, 0.05) is 126 Å². The lowest BCUT2D eigenvalue weighted by Gasteiger charge is -2.12. The number of para-hydroxylation sites is 2. The lowest BCUT2D eigenvalue weighted by atomic mass is 9.96. The van der Waals surface area contributed by atoms with E-state index in [2.05, 4.69) is 329 Å². The van der Waals surface area contributed by atoms with Crippen LogP contribution in [-0.4, -0.2) is 58.6 Å². The molecule has 26 rings (SSSR count). The third-order valence-electron chi connectivity index (χ3n) is 24.7. The average molecular weight is 1660 g/mol. The minimum Gasteiger partial charge on any atom is -0.278 e. The van der Waals surface area contributed by atoms with Crippen LogP contribution < -0.4 is 0 Å². The van der Waals surface area contributed by atoms with Gasteiger partial charge < -0.3 is 0 Å². The van der Waals surface area contributed by atoms with E-state index in [0.717, 1.165) is 138 Å². The van der Waals surface area contributed by atoms with Gasteiger partial charge in [0.15, 0.2) is 34.9 Å². The summed E-state index contributed by atoms with van der Waals surface area (Å²) in [5.41, 5.74) is 20.3. The van der Waals surface area contributed by atoms with Gasteiger partial charge in [-0.1, -0.05) is 309 Å². The minimum absolute atomic E-state index is 0.524. The number of benzene rings is 17. The lowest BCUT2D eigenvalue weighted by Crippen LogP contribution is -2.06. The summed E-state index contributed by atoms with van der Waals surface area (Å²) in [6, 6.07) is 138. The van der Waals surface area contributed by atoms with Crippen LogP contribution in [0.2, 0.25) is 0 Å². The molecule has 0 aliphatic carbocycles. The second-order valence-corrected chi connectivity index (χ2v) is 35.2. The summed E-state index contributed by atoms with van der Waals surface area (Å²) in [5, 5.41) is 14.1. The van der Waals surface area contributed by atoms with Crippen molar-refractivity contribution in [3.63, 3.8) is 0 Å². The molecule has 15 heteroatoms. The van der Waals surface area contributed by atoms with E-state index in [1.54, 1.807) is 0 Å². The zero-order chi connectivity index (χ0) is 82.6. The van der Waals surface area contributed by atoms with E-state index < -0.39 is 0 Å². The summed E-state index contributed by atoms with van der Waals surface area (Å²) < 4.78 is 14.0. The first kappa shape index (κ1) is 71.6. The predicted octanol–water partition coefficient (Wildman–Crippen LogP) is 29.3. The van der Waals surface area contributed by atoms with Crippen LogP contribution >= 0.6 is 34.0 Å². The van der Waals surface area contributed by atoms with Crippen molar-refractivity contribution in [1.29, 1.82) is 0 Å². The number of thiophene rings is 3.